The number of hydrogen-bond donors (Lipinski definition) is 1. The molecule has 100 valence electrons. The Morgan fingerprint density at radius 2 is 2.11 bits per heavy atom. The van der Waals surface area contributed by atoms with Gasteiger partial charge in [0.25, 0.3) is 0 Å². The number of rotatable bonds is 5. The van der Waals surface area contributed by atoms with Crippen molar-refractivity contribution in [3.8, 4) is 0 Å². The summed E-state index contributed by atoms with van der Waals surface area (Å²) in [6.07, 6.45) is 6.43. The van der Waals surface area contributed by atoms with Gasteiger partial charge in [-0.1, -0.05) is 6.92 Å². The fourth-order valence-electron chi connectivity index (χ4n) is 2.61. The molecule has 2 rings (SSSR count). The predicted molar refractivity (Wildman–Crippen MR) is 71.3 cm³/mol. The van der Waals surface area contributed by atoms with E-state index in [9.17, 15) is 0 Å². The Kier molecular flexibility index (Phi) is 4.30. The third-order valence-electron chi connectivity index (χ3n) is 3.86. The van der Waals surface area contributed by atoms with Crippen LogP contribution in [0, 0.1) is 6.92 Å². The summed E-state index contributed by atoms with van der Waals surface area (Å²) in [7, 11) is 1.77. The molecule has 0 radical (unpaired) electrons. The summed E-state index contributed by atoms with van der Waals surface area (Å²) >= 11 is 0. The van der Waals surface area contributed by atoms with Crippen molar-refractivity contribution < 1.29 is 4.74 Å². The van der Waals surface area contributed by atoms with E-state index < -0.39 is 0 Å². The Labute approximate surface area is 109 Å². The molecule has 0 amide bonds. The first-order valence-corrected chi connectivity index (χ1v) is 6.80. The lowest BCUT2D eigenvalue weighted by Gasteiger charge is -2.26. The molecule has 0 saturated heterocycles. The fourth-order valence-corrected chi connectivity index (χ4v) is 2.61. The van der Waals surface area contributed by atoms with E-state index in [0.29, 0.717) is 0 Å². The second-order valence-corrected chi connectivity index (χ2v) is 4.99. The van der Waals surface area contributed by atoms with Gasteiger partial charge >= 0.3 is 0 Å². The number of aryl methyl sites for hydroxylation is 1. The Hall–Kier alpha value is -1.00. The smallest absolute Gasteiger partial charge is 0.160 e. The van der Waals surface area contributed by atoms with Crippen LogP contribution in [0.1, 0.15) is 49.7 Å². The first-order valence-electron chi connectivity index (χ1n) is 6.80. The molecular formula is C14H23N3O. The van der Waals surface area contributed by atoms with E-state index in [-0.39, 0.29) is 5.60 Å². The highest BCUT2D eigenvalue weighted by molar-refractivity contribution is 5.19. The van der Waals surface area contributed by atoms with E-state index in [0.717, 1.165) is 37.4 Å². The number of hydrogen-bond acceptors (Lipinski definition) is 4. The normalized spacial score (nSPS) is 18.2. The molecule has 0 aliphatic heterocycles. The van der Waals surface area contributed by atoms with Gasteiger partial charge in [-0.3, -0.25) is 0 Å². The zero-order chi connectivity index (χ0) is 13.0. The first kappa shape index (κ1) is 13.4. The number of nitrogens with zero attached hydrogens (tertiary/aromatic N) is 2. The summed E-state index contributed by atoms with van der Waals surface area (Å²) in [5.41, 5.74) is 2.00. The van der Waals surface area contributed by atoms with E-state index in [2.05, 4.69) is 29.1 Å². The average Bonchev–Trinajstić information content (AvgIpc) is 2.87. The minimum absolute atomic E-state index is 0.235. The fraction of sp³-hybridized carbons (Fsp3) is 0.714. The van der Waals surface area contributed by atoms with Crippen molar-refractivity contribution in [3.05, 3.63) is 23.3 Å². The van der Waals surface area contributed by atoms with Crippen molar-refractivity contribution >= 4 is 0 Å². The predicted octanol–water partition coefficient (Wildman–Crippen LogP) is 2.31. The standard InChI is InChI=1S/C14H23N3O/c1-4-15-9-12-10-16-13(17-11(12)2)14(18-3)7-5-6-8-14/h10,15H,4-9H2,1-3H3. The number of nitrogens with one attached hydrogen (secondary N) is 1. The molecule has 0 aromatic carbocycles. The van der Waals surface area contributed by atoms with Crippen molar-refractivity contribution in [2.75, 3.05) is 13.7 Å². The van der Waals surface area contributed by atoms with E-state index >= 15 is 0 Å². The first-order chi connectivity index (χ1) is 8.72. The maximum atomic E-state index is 5.72. The molecule has 1 N–H and O–H groups in total. The van der Waals surface area contributed by atoms with Gasteiger partial charge in [-0.15, -0.1) is 0 Å². The third-order valence-corrected chi connectivity index (χ3v) is 3.86. The number of ether oxygens (including phenoxy) is 1. The van der Waals surface area contributed by atoms with Crippen LogP contribution >= 0.6 is 0 Å². The van der Waals surface area contributed by atoms with Crippen LogP contribution in [0.2, 0.25) is 0 Å². The van der Waals surface area contributed by atoms with Gasteiger partial charge in [0.15, 0.2) is 5.82 Å². The van der Waals surface area contributed by atoms with E-state index in [1.165, 1.54) is 18.4 Å². The average molecular weight is 249 g/mol. The molecule has 1 aliphatic carbocycles. The largest absolute Gasteiger partial charge is 0.370 e. The Morgan fingerprint density at radius 1 is 1.39 bits per heavy atom. The molecule has 1 aromatic rings. The van der Waals surface area contributed by atoms with Crippen LogP contribution in [0.4, 0.5) is 0 Å². The molecule has 4 nitrogen and oxygen atoms in total. The molecule has 1 fully saturated rings. The van der Waals surface area contributed by atoms with Crippen molar-refractivity contribution in [1.82, 2.24) is 15.3 Å². The Bertz CT molecular complexity index is 400. The van der Waals surface area contributed by atoms with Crippen LogP contribution in [0.5, 0.6) is 0 Å². The van der Waals surface area contributed by atoms with Gasteiger partial charge in [0, 0.05) is 31.1 Å². The zero-order valence-electron chi connectivity index (χ0n) is 11.6. The lowest BCUT2D eigenvalue weighted by Crippen LogP contribution is -2.28. The second-order valence-electron chi connectivity index (χ2n) is 4.99. The maximum Gasteiger partial charge on any atom is 0.160 e. The van der Waals surface area contributed by atoms with Crippen LogP contribution < -0.4 is 5.32 Å². The van der Waals surface area contributed by atoms with E-state index in [1.54, 1.807) is 7.11 Å². The molecule has 1 aliphatic rings. The monoisotopic (exact) mass is 249 g/mol. The molecule has 0 unspecified atom stereocenters. The van der Waals surface area contributed by atoms with E-state index in [1.807, 2.05) is 6.20 Å². The summed E-state index contributed by atoms with van der Waals surface area (Å²) in [5, 5.41) is 3.31. The molecular weight excluding hydrogens is 226 g/mol. The summed E-state index contributed by atoms with van der Waals surface area (Å²) < 4.78 is 5.72. The second kappa shape index (κ2) is 5.76. The van der Waals surface area contributed by atoms with Crippen LogP contribution in [-0.2, 0) is 16.9 Å². The zero-order valence-corrected chi connectivity index (χ0v) is 11.6. The van der Waals surface area contributed by atoms with Crippen molar-refractivity contribution in [2.24, 2.45) is 0 Å². The number of methoxy groups -OCH3 is 1. The molecule has 18 heavy (non-hydrogen) atoms. The molecule has 0 atom stereocenters. The molecule has 1 saturated carbocycles. The van der Waals surface area contributed by atoms with Crippen molar-refractivity contribution in [2.45, 2.75) is 51.7 Å². The highest BCUT2D eigenvalue weighted by Gasteiger charge is 2.38. The third kappa shape index (κ3) is 2.54. The molecule has 0 spiro atoms. The summed E-state index contributed by atoms with van der Waals surface area (Å²) in [6, 6.07) is 0. The summed E-state index contributed by atoms with van der Waals surface area (Å²) in [5.74, 6) is 0.861. The van der Waals surface area contributed by atoms with Gasteiger partial charge in [0.1, 0.15) is 5.60 Å². The molecule has 4 heteroatoms. The quantitative estimate of drug-likeness (QED) is 0.870. The minimum atomic E-state index is -0.235. The van der Waals surface area contributed by atoms with Gasteiger partial charge in [-0.25, -0.2) is 9.97 Å². The SMILES string of the molecule is CCNCc1cnc(C2(OC)CCCC2)nc1C. The van der Waals surface area contributed by atoms with Crippen molar-refractivity contribution in [3.63, 3.8) is 0 Å². The molecule has 1 heterocycles. The number of aromatic nitrogens is 2. The van der Waals surface area contributed by atoms with Gasteiger partial charge < -0.3 is 10.1 Å². The van der Waals surface area contributed by atoms with E-state index in [4.69, 9.17) is 4.74 Å². The van der Waals surface area contributed by atoms with Crippen molar-refractivity contribution in [1.29, 1.82) is 0 Å². The van der Waals surface area contributed by atoms with Gasteiger partial charge in [-0.2, -0.15) is 0 Å². The van der Waals surface area contributed by atoms with Crippen LogP contribution in [-0.4, -0.2) is 23.6 Å². The highest BCUT2D eigenvalue weighted by atomic mass is 16.5. The lowest BCUT2D eigenvalue weighted by molar-refractivity contribution is -0.0164. The van der Waals surface area contributed by atoms with Gasteiger partial charge in [-0.05, 0) is 39.2 Å². The highest BCUT2D eigenvalue weighted by Crippen LogP contribution is 2.39. The topological polar surface area (TPSA) is 47.0 Å². The summed E-state index contributed by atoms with van der Waals surface area (Å²) in [6.45, 7) is 5.95. The van der Waals surface area contributed by atoms with Crippen LogP contribution in [0.25, 0.3) is 0 Å². The van der Waals surface area contributed by atoms with Crippen LogP contribution in [0.15, 0.2) is 6.20 Å². The maximum absolute atomic E-state index is 5.72. The van der Waals surface area contributed by atoms with Crippen LogP contribution in [0.3, 0.4) is 0 Å². The van der Waals surface area contributed by atoms with Gasteiger partial charge in [0.05, 0.1) is 0 Å². The Balaban J connectivity index is 2.22. The minimum Gasteiger partial charge on any atom is -0.370 e. The van der Waals surface area contributed by atoms with Gasteiger partial charge in [0.2, 0.25) is 0 Å². The Morgan fingerprint density at radius 3 is 2.67 bits per heavy atom. The molecule has 0 bridgehead atoms. The molecule has 1 aromatic heterocycles. The lowest BCUT2D eigenvalue weighted by atomic mass is 10.0. The summed E-state index contributed by atoms with van der Waals surface area (Å²) in [4.78, 5) is 9.22.